The molecule has 0 radical (unpaired) electrons. The molecule has 0 saturated heterocycles. The topological polar surface area (TPSA) is 0 Å². The third-order valence-corrected chi connectivity index (χ3v) is 2.76. The van der Waals surface area contributed by atoms with E-state index in [2.05, 4.69) is 31.9 Å². The summed E-state index contributed by atoms with van der Waals surface area (Å²) in [4.78, 5) is 0. The Morgan fingerprint density at radius 2 is 1.79 bits per heavy atom. The Kier molecular flexibility index (Phi) is 3.58. The van der Waals surface area contributed by atoms with Crippen molar-refractivity contribution >= 4 is 31.9 Å². The summed E-state index contributed by atoms with van der Waals surface area (Å²) in [6, 6.07) is 1.51. The molecule has 0 heterocycles. The van der Waals surface area contributed by atoms with Gasteiger partial charge >= 0.3 is 6.18 Å². The molecule has 0 aliphatic heterocycles. The van der Waals surface area contributed by atoms with Gasteiger partial charge in [0.25, 0.3) is 0 Å². The van der Waals surface area contributed by atoms with Crippen molar-refractivity contribution < 1.29 is 17.6 Å². The highest BCUT2D eigenvalue weighted by Crippen LogP contribution is 2.34. The molecule has 0 aromatic heterocycles. The molecule has 0 fully saturated rings. The highest BCUT2D eigenvalue weighted by atomic mass is 79.9. The first-order valence-corrected chi connectivity index (χ1v) is 5.38. The smallest absolute Gasteiger partial charge is 0.205 e. The average Bonchev–Trinajstić information content (AvgIpc) is 2.07. The molecule has 0 amide bonds. The van der Waals surface area contributed by atoms with Gasteiger partial charge in [0.05, 0.1) is 10.0 Å². The van der Waals surface area contributed by atoms with Crippen molar-refractivity contribution in [3.8, 4) is 0 Å². The first-order valence-electron chi connectivity index (χ1n) is 3.47. The minimum Gasteiger partial charge on any atom is -0.205 e. The number of alkyl halides is 4. The molecule has 0 saturated carbocycles. The molecular formula is C8H4Br2F4. The highest BCUT2D eigenvalue weighted by molar-refractivity contribution is 9.10. The predicted octanol–water partition coefficient (Wildman–Crippen LogP) is 4.50. The van der Waals surface area contributed by atoms with Crippen molar-refractivity contribution in [2.45, 2.75) is 11.5 Å². The van der Waals surface area contributed by atoms with Gasteiger partial charge in [0.15, 0.2) is 0 Å². The first-order chi connectivity index (χ1) is 6.36. The van der Waals surface area contributed by atoms with Gasteiger partial charge in [0.2, 0.25) is 0 Å². The first kappa shape index (κ1) is 12.0. The zero-order chi connectivity index (χ0) is 10.9. The average molecular weight is 336 g/mol. The molecule has 0 atom stereocenters. The maximum absolute atomic E-state index is 13.1. The summed E-state index contributed by atoms with van der Waals surface area (Å²) in [5.41, 5.74) is -0.882. The predicted molar refractivity (Wildman–Crippen MR) is 51.7 cm³/mol. The van der Waals surface area contributed by atoms with E-state index in [1.54, 1.807) is 0 Å². The van der Waals surface area contributed by atoms with Crippen LogP contribution in [-0.2, 0) is 11.5 Å². The van der Waals surface area contributed by atoms with Crippen LogP contribution in [0.15, 0.2) is 16.6 Å². The molecule has 6 heteroatoms. The summed E-state index contributed by atoms with van der Waals surface area (Å²) in [5, 5.41) is 0.0430. The van der Waals surface area contributed by atoms with Crippen molar-refractivity contribution in [3.05, 3.63) is 33.5 Å². The summed E-state index contributed by atoms with van der Waals surface area (Å²) >= 11 is 5.65. The molecule has 78 valence electrons. The maximum Gasteiger partial charge on any atom is 0.416 e. The number of benzene rings is 1. The van der Waals surface area contributed by atoms with Gasteiger partial charge in [0, 0.05) is 10.9 Å². The molecule has 0 spiro atoms. The molecule has 0 nitrogen and oxygen atoms in total. The molecule has 0 aliphatic rings. The molecule has 14 heavy (non-hydrogen) atoms. The second-order valence-corrected chi connectivity index (χ2v) is 3.98. The van der Waals surface area contributed by atoms with Gasteiger partial charge in [-0.15, -0.1) is 0 Å². The minimum absolute atomic E-state index is 0.0216. The summed E-state index contributed by atoms with van der Waals surface area (Å²) < 4.78 is 49.7. The van der Waals surface area contributed by atoms with Crippen molar-refractivity contribution in [2.24, 2.45) is 0 Å². The Bertz CT molecular complexity index is 346. The molecule has 0 unspecified atom stereocenters. The molecular weight excluding hydrogens is 332 g/mol. The van der Waals surface area contributed by atoms with E-state index in [1.165, 1.54) is 0 Å². The molecule has 0 bridgehead atoms. The van der Waals surface area contributed by atoms with Gasteiger partial charge in [-0.1, -0.05) is 15.9 Å². The van der Waals surface area contributed by atoms with Gasteiger partial charge in [-0.3, -0.25) is 0 Å². The Balaban J connectivity index is 3.30. The van der Waals surface area contributed by atoms with Crippen molar-refractivity contribution in [1.29, 1.82) is 0 Å². The third-order valence-electron chi connectivity index (χ3n) is 1.57. The van der Waals surface area contributed by atoms with Gasteiger partial charge in [-0.05, 0) is 28.1 Å². The Labute approximate surface area is 94.6 Å². The lowest BCUT2D eigenvalue weighted by Crippen LogP contribution is -2.06. The summed E-state index contributed by atoms with van der Waals surface area (Å²) in [7, 11) is 0. The van der Waals surface area contributed by atoms with Crippen molar-refractivity contribution in [3.63, 3.8) is 0 Å². The Hall–Kier alpha value is -0.100. The van der Waals surface area contributed by atoms with E-state index in [4.69, 9.17) is 0 Å². The number of rotatable bonds is 1. The summed E-state index contributed by atoms with van der Waals surface area (Å²) in [5.74, 6) is -0.671. The molecule has 0 aliphatic carbocycles. The molecule has 1 rings (SSSR count). The van der Waals surface area contributed by atoms with Crippen molar-refractivity contribution in [1.82, 2.24) is 0 Å². The van der Waals surface area contributed by atoms with Crippen LogP contribution < -0.4 is 0 Å². The normalized spacial score (nSPS) is 11.9. The fraction of sp³-hybridized carbons (Fsp3) is 0.250. The third kappa shape index (κ3) is 2.48. The van der Waals surface area contributed by atoms with Gasteiger partial charge < -0.3 is 0 Å². The number of halogens is 6. The quantitative estimate of drug-likeness (QED) is 0.523. The van der Waals surface area contributed by atoms with Crippen LogP contribution in [0.25, 0.3) is 0 Å². The van der Waals surface area contributed by atoms with E-state index >= 15 is 0 Å². The van der Waals surface area contributed by atoms with E-state index in [0.717, 1.165) is 12.1 Å². The number of hydrogen-bond acceptors (Lipinski definition) is 0. The lowest BCUT2D eigenvalue weighted by molar-refractivity contribution is -0.137. The standard InChI is InChI=1S/C8H4Br2F4/c9-3-4-1-5(8(12,13)14)2-6(10)7(4)11/h1-2H,3H2. The maximum atomic E-state index is 13.1. The SMILES string of the molecule is Fc1c(Br)cc(C(F)(F)F)cc1CBr. The van der Waals surface area contributed by atoms with Crippen LogP contribution >= 0.6 is 31.9 Å². The Morgan fingerprint density at radius 3 is 2.21 bits per heavy atom. The zero-order valence-electron chi connectivity index (χ0n) is 6.63. The van der Waals surface area contributed by atoms with Crippen LogP contribution in [0, 0.1) is 5.82 Å². The van der Waals surface area contributed by atoms with E-state index < -0.39 is 17.6 Å². The second-order valence-electron chi connectivity index (χ2n) is 2.56. The van der Waals surface area contributed by atoms with E-state index in [0.29, 0.717) is 0 Å². The van der Waals surface area contributed by atoms with Gasteiger partial charge in [0.1, 0.15) is 5.82 Å². The van der Waals surface area contributed by atoms with Crippen LogP contribution in [0.3, 0.4) is 0 Å². The van der Waals surface area contributed by atoms with Crippen molar-refractivity contribution in [2.75, 3.05) is 0 Å². The highest BCUT2D eigenvalue weighted by Gasteiger charge is 2.31. The van der Waals surface area contributed by atoms with Crippen LogP contribution in [0.5, 0.6) is 0 Å². The second kappa shape index (κ2) is 4.18. The lowest BCUT2D eigenvalue weighted by atomic mass is 10.1. The molecule has 1 aromatic carbocycles. The monoisotopic (exact) mass is 334 g/mol. The Morgan fingerprint density at radius 1 is 1.21 bits per heavy atom. The largest absolute Gasteiger partial charge is 0.416 e. The number of hydrogen-bond donors (Lipinski definition) is 0. The van der Waals surface area contributed by atoms with Crippen LogP contribution in [0.1, 0.15) is 11.1 Å². The van der Waals surface area contributed by atoms with Gasteiger partial charge in [-0.2, -0.15) is 13.2 Å². The van der Waals surface area contributed by atoms with E-state index in [9.17, 15) is 17.6 Å². The fourth-order valence-corrected chi connectivity index (χ4v) is 1.82. The minimum atomic E-state index is -4.45. The summed E-state index contributed by atoms with van der Waals surface area (Å²) in [6.45, 7) is 0. The fourth-order valence-electron chi connectivity index (χ4n) is 0.907. The van der Waals surface area contributed by atoms with Crippen LogP contribution in [0.4, 0.5) is 17.6 Å². The van der Waals surface area contributed by atoms with Crippen LogP contribution in [-0.4, -0.2) is 0 Å². The molecule has 1 aromatic rings. The lowest BCUT2D eigenvalue weighted by Gasteiger charge is -2.09. The van der Waals surface area contributed by atoms with E-state index in [1.807, 2.05) is 0 Å². The summed E-state index contributed by atoms with van der Waals surface area (Å²) in [6.07, 6.45) is -4.45. The van der Waals surface area contributed by atoms with Crippen LogP contribution in [0.2, 0.25) is 0 Å². The molecule has 0 N–H and O–H groups in total. The zero-order valence-corrected chi connectivity index (χ0v) is 9.80. The van der Waals surface area contributed by atoms with Gasteiger partial charge in [-0.25, -0.2) is 4.39 Å². The van der Waals surface area contributed by atoms with E-state index in [-0.39, 0.29) is 15.4 Å².